The van der Waals surface area contributed by atoms with E-state index in [9.17, 15) is 9.59 Å². The van der Waals surface area contributed by atoms with Crippen molar-refractivity contribution >= 4 is 23.6 Å². The number of nitrogens with zero attached hydrogens (tertiary/aromatic N) is 2. The van der Waals surface area contributed by atoms with Crippen molar-refractivity contribution in [1.82, 2.24) is 15.1 Å². The second kappa shape index (κ2) is 6.43. The molecule has 0 aliphatic carbocycles. The van der Waals surface area contributed by atoms with Gasteiger partial charge in [-0.05, 0) is 18.6 Å². The molecule has 2 saturated heterocycles. The average molecular weight is 271 g/mol. The van der Waals surface area contributed by atoms with Crippen LogP contribution in [0.3, 0.4) is 0 Å². The van der Waals surface area contributed by atoms with Crippen LogP contribution in [0, 0.1) is 0 Å². The maximum absolute atomic E-state index is 11.8. The molecule has 2 amide bonds. The molecule has 1 N–H and O–H groups in total. The summed E-state index contributed by atoms with van der Waals surface area (Å²) >= 11 is 1.94. The van der Waals surface area contributed by atoms with E-state index in [2.05, 4.69) is 5.32 Å². The molecule has 0 aromatic heterocycles. The number of nitrogens with one attached hydrogen (secondary N) is 1. The van der Waals surface area contributed by atoms with Gasteiger partial charge in [-0.15, -0.1) is 0 Å². The zero-order chi connectivity index (χ0) is 13.0. The molecule has 102 valence electrons. The number of piperazine rings is 1. The number of carbonyl (C=O) groups excluding carboxylic acids is 2. The van der Waals surface area contributed by atoms with Gasteiger partial charge < -0.3 is 10.2 Å². The normalized spacial score (nSPS) is 25.5. The lowest BCUT2D eigenvalue weighted by Crippen LogP contribution is -2.51. The van der Waals surface area contributed by atoms with Crippen molar-refractivity contribution < 1.29 is 9.59 Å². The van der Waals surface area contributed by atoms with E-state index in [1.54, 1.807) is 11.9 Å². The summed E-state index contributed by atoms with van der Waals surface area (Å²) in [6, 6.07) is 0. The summed E-state index contributed by atoms with van der Waals surface area (Å²) in [5.74, 6) is 1.35. The summed E-state index contributed by atoms with van der Waals surface area (Å²) in [4.78, 5) is 26.9. The summed E-state index contributed by atoms with van der Waals surface area (Å²) in [7, 11) is 1.80. The highest BCUT2D eigenvalue weighted by Crippen LogP contribution is 2.25. The van der Waals surface area contributed by atoms with Crippen LogP contribution in [-0.2, 0) is 9.59 Å². The first-order valence-electron chi connectivity index (χ1n) is 6.50. The lowest BCUT2D eigenvalue weighted by atomic mass is 10.2. The molecule has 0 radical (unpaired) electrons. The summed E-state index contributed by atoms with van der Waals surface area (Å²) in [6.07, 6.45) is 2.47. The van der Waals surface area contributed by atoms with Crippen LogP contribution < -0.4 is 5.32 Å². The van der Waals surface area contributed by atoms with Crippen LogP contribution in [0.4, 0.5) is 0 Å². The quantitative estimate of drug-likeness (QED) is 0.767. The van der Waals surface area contributed by atoms with Crippen molar-refractivity contribution in [3.63, 3.8) is 0 Å². The molecule has 6 heteroatoms. The highest BCUT2D eigenvalue weighted by atomic mass is 32.2. The van der Waals surface area contributed by atoms with Gasteiger partial charge in [-0.1, -0.05) is 0 Å². The minimum atomic E-state index is 0.0415. The second-order valence-corrected chi connectivity index (χ2v) is 6.37. The summed E-state index contributed by atoms with van der Waals surface area (Å²) in [5, 5.41) is 3.56. The first kappa shape index (κ1) is 13.7. The molecular formula is C12H21N3O2S. The highest BCUT2D eigenvalue weighted by molar-refractivity contribution is 8.00. The molecule has 0 saturated carbocycles. The molecule has 18 heavy (non-hydrogen) atoms. The van der Waals surface area contributed by atoms with Crippen LogP contribution in [0.15, 0.2) is 0 Å². The molecule has 5 nitrogen and oxygen atoms in total. The number of hydrogen-bond acceptors (Lipinski definition) is 4. The van der Waals surface area contributed by atoms with Gasteiger partial charge in [-0.2, -0.15) is 11.8 Å². The van der Waals surface area contributed by atoms with Gasteiger partial charge in [-0.25, -0.2) is 0 Å². The Labute approximate surface area is 112 Å². The van der Waals surface area contributed by atoms with Crippen LogP contribution >= 0.6 is 11.8 Å². The van der Waals surface area contributed by atoms with E-state index in [1.165, 1.54) is 18.6 Å². The Hall–Kier alpha value is -0.750. The first-order valence-corrected chi connectivity index (χ1v) is 7.54. The van der Waals surface area contributed by atoms with Crippen LogP contribution in [0.2, 0.25) is 0 Å². The van der Waals surface area contributed by atoms with Crippen LogP contribution in [-0.4, -0.2) is 72.4 Å². The van der Waals surface area contributed by atoms with Gasteiger partial charge in [0.1, 0.15) is 0 Å². The van der Waals surface area contributed by atoms with E-state index in [0.29, 0.717) is 24.9 Å². The molecule has 0 unspecified atom stereocenters. The molecule has 0 spiro atoms. The van der Waals surface area contributed by atoms with Crippen molar-refractivity contribution in [3.8, 4) is 0 Å². The Morgan fingerprint density at radius 1 is 1.50 bits per heavy atom. The van der Waals surface area contributed by atoms with Crippen molar-refractivity contribution in [2.45, 2.75) is 18.1 Å². The Morgan fingerprint density at radius 3 is 3.00 bits per heavy atom. The van der Waals surface area contributed by atoms with E-state index in [-0.39, 0.29) is 11.8 Å². The molecule has 2 aliphatic heterocycles. The zero-order valence-corrected chi connectivity index (χ0v) is 11.7. The van der Waals surface area contributed by atoms with Crippen molar-refractivity contribution in [1.29, 1.82) is 0 Å². The molecule has 0 aromatic carbocycles. The third-order valence-electron chi connectivity index (χ3n) is 3.45. The first-order chi connectivity index (χ1) is 8.65. The van der Waals surface area contributed by atoms with Gasteiger partial charge in [0.25, 0.3) is 0 Å². The average Bonchev–Trinajstić information content (AvgIpc) is 2.84. The van der Waals surface area contributed by atoms with Gasteiger partial charge >= 0.3 is 0 Å². The van der Waals surface area contributed by atoms with Crippen molar-refractivity contribution in [2.24, 2.45) is 0 Å². The lowest BCUT2D eigenvalue weighted by Gasteiger charge is -2.31. The monoisotopic (exact) mass is 271 g/mol. The fourth-order valence-corrected chi connectivity index (χ4v) is 3.44. The Kier molecular flexibility index (Phi) is 4.88. The standard InChI is InChI=1S/C12H21N3O2S/c1-14-4-5-15(9-12(14)17)8-11(16)13-7-10-3-2-6-18-10/h10H,2-9H2,1H3,(H,13,16)/t10-/m1/s1. The topological polar surface area (TPSA) is 52.6 Å². The summed E-state index contributed by atoms with van der Waals surface area (Å²) < 4.78 is 0. The van der Waals surface area contributed by atoms with Crippen LogP contribution in [0.5, 0.6) is 0 Å². The number of hydrogen-bond donors (Lipinski definition) is 1. The highest BCUT2D eigenvalue weighted by Gasteiger charge is 2.23. The molecule has 2 aliphatic rings. The van der Waals surface area contributed by atoms with Gasteiger partial charge in [0.15, 0.2) is 0 Å². The fourth-order valence-electron chi connectivity index (χ4n) is 2.23. The molecule has 0 bridgehead atoms. The number of likely N-dealkylation sites (N-methyl/N-ethyl adjacent to an activating group) is 1. The van der Waals surface area contributed by atoms with Crippen LogP contribution in [0.25, 0.3) is 0 Å². The molecule has 2 rings (SSSR count). The van der Waals surface area contributed by atoms with Crippen molar-refractivity contribution in [2.75, 3.05) is 45.5 Å². The zero-order valence-electron chi connectivity index (χ0n) is 10.9. The molecule has 0 aromatic rings. The maximum Gasteiger partial charge on any atom is 0.236 e. The maximum atomic E-state index is 11.8. The second-order valence-electron chi connectivity index (χ2n) is 4.97. The molecular weight excluding hydrogens is 250 g/mol. The number of amides is 2. The Morgan fingerprint density at radius 2 is 2.33 bits per heavy atom. The molecule has 1 atom stereocenters. The molecule has 2 fully saturated rings. The minimum Gasteiger partial charge on any atom is -0.354 e. The number of thioether (sulfide) groups is 1. The lowest BCUT2D eigenvalue weighted by molar-refractivity contribution is -0.135. The summed E-state index contributed by atoms with van der Waals surface area (Å²) in [6.45, 7) is 2.97. The third kappa shape index (κ3) is 3.88. The number of rotatable bonds is 4. The fraction of sp³-hybridized carbons (Fsp3) is 0.833. The Balaban J connectivity index is 1.66. The van der Waals surface area contributed by atoms with Crippen LogP contribution in [0.1, 0.15) is 12.8 Å². The smallest absolute Gasteiger partial charge is 0.236 e. The van der Waals surface area contributed by atoms with E-state index in [1.807, 2.05) is 16.7 Å². The summed E-state index contributed by atoms with van der Waals surface area (Å²) in [5.41, 5.74) is 0. The SMILES string of the molecule is CN1CCN(CC(=O)NC[C@H]2CCCS2)CC1=O. The van der Waals surface area contributed by atoms with Crippen molar-refractivity contribution in [3.05, 3.63) is 0 Å². The van der Waals surface area contributed by atoms with E-state index in [0.717, 1.165) is 13.1 Å². The Bertz CT molecular complexity index is 318. The third-order valence-corrected chi connectivity index (χ3v) is 4.85. The van der Waals surface area contributed by atoms with E-state index >= 15 is 0 Å². The van der Waals surface area contributed by atoms with Gasteiger partial charge in [0.05, 0.1) is 13.1 Å². The van der Waals surface area contributed by atoms with Gasteiger partial charge in [-0.3, -0.25) is 14.5 Å². The minimum absolute atomic E-state index is 0.0415. The molecule has 2 heterocycles. The van der Waals surface area contributed by atoms with E-state index < -0.39 is 0 Å². The number of carbonyl (C=O) groups is 2. The predicted molar refractivity (Wildman–Crippen MR) is 72.6 cm³/mol. The van der Waals surface area contributed by atoms with Gasteiger partial charge in [0, 0.05) is 31.9 Å². The predicted octanol–water partition coefficient (Wildman–Crippen LogP) is -0.228. The van der Waals surface area contributed by atoms with E-state index in [4.69, 9.17) is 0 Å². The van der Waals surface area contributed by atoms with Gasteiger partial charge in [0.2, 0.25) is 11.8 Å². The largest absolute Gasteiger partial charge is 0.354 e.